The highest BCUT2D eigenvalue weighted by molar-refractivity contribution is 5.91. The van der Waals surface area contributed by atoms with Crippen molar-refractivity contribution >= 4 is 24.4 Å². The van der Waals surface area contributed by atoms with Gasteiger partial charge in [0.2, 0.25) is 24.4 Å². The number of carbonyl (C=O) groups excluding carboxylic acids is 1. The van der Waals surface area contributed by atoms with Crippen molar-refractivity contribution in [2.24, 2.45) is 5.73 Å². The van der Waals surface area contributed by atoms with E-state index >= 15 is 0 Å². The van der Waals surface area contributed by atoms with Gasteiger partial charge in [-0.15, -0.1) is 22.6 Å². The molecule has 0 bridgehead atoms. The van der Waals surface area contributed by atoms with Gasteiger partial charge in [0.05, 0.1) is 19.2 Å². The zero-order chi connectivity index (χ0) is 26.5. The van der Waals surface area contributed by atoms with Crippen LogP contribution in [0.5, 0.6) is 28.9 Å². The number of benzene rings is 2. The van der Waals surface area contributed by atoms with Gasteiger partial charge < -0.3 is 30.0 Å². The number of ether oxygens (including phenoxy) is 4. The van der Waals surface area contributed by atoms with Crippen LogP contribution in [0.15, 0.2) is 48.5 Å². The average Bonchev–Trinajstić information content (AvgIpc) is 3.64. The molecule has 1 aliphatic heterocycles. The molecule has 1 amide bonds. The van der Waals surface area contributed by atoms with E-state index in [0.717, 1.165) is 16.7 Å². The van der Waals surface area contributed by atoms with Gasteiger partial charge in [-0.1, -0.05) is 24.3 Å². The molecule has 2 aromatic carbocycles. The lowest BCUT2D eigenvalue weighted by atomic mass is 9.93. The van der Waals surface area contributed by atoms with E-state index in [0.29, 0.717) is 46.6 Å². The first-order valence-electron chi connectivity index (χ1n) is 11.7. The monoisotopic (exact) mass is 551 g/mol. The van der Waals surface area contributed by atoms with Crippen LogP contribution in [-0.4, -0.2) is 58.5 Å². The van der Waals surface area contributed by atoms with Crippen molar-refractivity contribution in [3.63, 3.8) is 0 Å². The number of fused-ring (bicyclic) bond motifs is 1. The maximum atomic E-state index is 11.6. The van der Waals surface area contributed by atoms with Gasteiger partial charge in [0.25, 0.3) is 0 Å². The predicted molar refractivity (Wildman–Crippen MR) is 145 cm³/mol. The van der Waals surface area contributed by atoms with Crippen LogP contribution in [0.25, 0.3) is 28.6 Å². The molecule has 3 heterocycles. The highest BCUT2D eigenvalue weighted by atomic mass is 35.5. The lowest BCUT2D eigenvalue weighted by Crippen LogP contribution is -2.30. The van der Waals surface area contributed by atoms with Gasteiger partial charge >= 0.3 is 0 Å². The summed E-state index contributed by atoms with van der Waals surface area (Å²) in [6.45, 7) is 2.24. The third kappa shape index (κ3) is 5.92. The average molecular weight is 552 g/mol. The number of H-pyrrole nitrogens is 1. The van der Waals surface area contributed by atoms with Gasteiger partial charge in [-0.05, 0) is 42.0 Å². The first-order valence-corrected chi connectivity index (χ1v) is 11.7. The van der Waals surface area contributed by atoms with Crippen LogP contribution < -0.4 is 30.0 Å². The second kappa shape index (κ2) is 12.2. The van der Waals surface area contributed by atoms with E-state index in [1.807, 2.05) is 43.3 Å². The number of tetrazole rings is 1. The fourth-order valence-corrected chi connectivity index (χ4v) is 3.98. The summed E-state index contributed by atoms with van der Waals surface area (Å²) in [5.41, 5.74) is 8.99. The molecule has 0 saturated carbocycles. The second-order valence-electron chi connectivity index (χ2n) is 8.16. The zero-order valence-corrected chi connectivity index (χ0v) is 21.9. The van der Waals surface area contributed by atoms with Gasteiger partial charge in [0, 0.05) is 29.4 Å². The molecule has 13 heteroatoms. The van der Waals surface area contributed by atoms with Gasteiger partial charge in [-0.3, -0.25) is 4.79 Å². The van der Waals surface area contributed by atoms with E-state index in [2.05, 4.69) is 25.9 Å². The fraction of sp³-hybridized carbons (Fsp3) is 0.192. The van der Waals surface area contributed by atoms with Crippen LogP contribution in [0.2, 0.25) is 0 Å². The topological polar surface area (TPSA) is 159 Å². The number of aryl methyl sites for hydroxylation is 1. The third-order valence-corrected chi connectivity index (χ3v) is 5.79. The second-order valence-corrected chi connectivity index (χ2v) is 8.16. The predicted octanol–water partition coefficient (Wildman–Crippen LogP) is 3.28. The Labute approximate surface area is 229 Å². The van der Waals surface area contributed by atoms with Crippen LogP contribution >= 0.6 is 12.4 Å². The van der Waals surface area contributed by atoms with E-state index < -0.39 is 0 Å². The van der Waals surface area contributed by atoms with Crippen LogP contribution in [0.4, 0.5) is 0 Å². The quantitative estimate of drug-likeness (QED) is 0.281. The molecule has 0 atom stereocenters. The SMILES string of the molecule is COc1ccc(-c2c(C=CCNC(=O)CN)c(C)nc(Oc3ccc4c(c3)OCO4)c2-c2nn[nH]n2)cc1.Cl. The molecular formula is C26H26ClN7O5. The Bertz CT molecular complexity index is 1480. The molecule has 4 N–H and O–H groups in total. The van der Waals surface area contributed by atoms with Crippen molar-refractivity contribution in [3.05, 3.63) is 59.8 Å². The largest absolute Gasteiger partial charge is 0.497 e. The van der Waals surface area contributed by atoms with Crippen LogP contribution in [0.1, 0.15) is 11.3 Å². The number of halogens is 1. The Kier molecular flexibility index (Phi) is 8.59. The number of nitrogens with zero attached hydrogens (tertiary/aromatic N) is 4. The smallest absolute Gasteiger partial charge is 0.233 e. The van der Waals surface area contributed by atoms with E-state index in [4.69, 9.17) is 29.7 Å². The standard InChI is InChI=1S/C26H25N7O5.ClH/c1-15-19(4-3-11-28-22(34)13-27)23(16-5-7-17(35-2)8-6-16)24(25-30-32-33-31-25)26(29-15)38-18-9-10-20-21(12-18)37-14-36-20;/h3-10,12H,11,13-14,27H2,1-2H3,(H,28,34)(H,30,31,32,33);1H. The molecule has 1 aliphatic rings. The van der Waals surface area contributed by atoms with Gasteiger partial charge in [-0.2, -0.15) is 5.21 Å². The minimum atomic E-state index is -0.250. The molecule has 39 heavy (non-hydrogen) atoms. The molecule has 0 fully saturated rings. The molecule has 0 radical (unpaired) electrons. The maximum absolute atomic E-state index is 11.6. The number of aromatic amines is 1. The first-order chi connectivity index (χ1) is 18.6. The number of methoxy groups -OCH3 is 1. The number of hydrogen-bond donors (Lipinski definition) is 3. The molecule has 12 nitrogen and oxygen atoms in total. The summed E-state index contributed by atoms with van der Waals surface area (Å²) in [5, 5.41) is 17.5. The van der Waals surface area contributed by atoms with E-state index in [1.54, 1.807) is 25.3 Å². The van der Waals surface area contributed by atoms with Gasteiger partial charge in [0.1, 0.15) is 11.5 Å². The number of aromatic nitrogens is 5. The molecule has 4 aromatic rings. The summed E-state index contributed by atoms with van der Waals surface area (Å²) in [7, 11) is 1.61. The van der Waals surface area contributed by atoms with Crippen molar-refractivity contribution in [1.82, 2.24) is 30.9 Å². The van der Waals surface area contributed by atoms with Gasteiger partial charge in [0.15, 0.2) is 11.5 Å². The summed E-state index contributed by atoms with van der Waals surface area (Å²) in [4.78, 5) is 16.4. The van der Waals surface area contributed by atoms with E-state index in [-0.39, 0.29) is 37.5 Å². The molecule has 0 unspecified atom stereocenters. The van der Waals surface area contributed by atoms with E-state index in [9.17, 15) is 4.79 Å². The van der Waals surface area contributed by atoms with Crippen molar-refractivity contribution < 1.29 is 23.7 Å². The lowest BCUT2D eigenvalue weighted by molar-refractivity contribution is -0.119. The highest BCUT2D eigenvalue weighted by Crippen LogP contribution is 2.43. The zero-order valence-electron chi connectivity index (χ0n) is 21.1. The van der Waals surface area contributed by atoms with Crippen molar-refractivity contribution in [3.8, 4) is 51.4 Å². The Morgan fingerprint density at radius 1 is 1.13 bits per heavy atom. The summed E-state index contributed by atoms with van der Waals surface area (Å²) >= 11 is 0. The molecule has 5 rings (SSSR count). The lowest BCUT2D eigenvalue weighted by Gasteiger charge is -2.18. The number of nitrogens with two attached hydrogens (primary N) is 1. The molecule has 0 spiro atoms. The van der Waals surface area contributed by atoms with Gasteiger partial charge in [-0.25, -0.2) is 4.98 Å². The number of nitrogens with one attached hydrogen (secondary N) is 2. The molecule has 202 valence electrons. The number of hydrogen-bond acceptors (Lipinski definition) is 10. The normalized spacial score (nSPS) is 11.8. The summed E-state index contributed by atoms with van der Waals surface area (Å²) in [5.74, 6) is 2.75. The fourth-order valence-electron chi connectivity index (χ4n) is 3.98. The summed E-state index contributed by atoms with van der Waals surface area (Å²) in [6, 6.07) is 12.8. The van der Waals surface area contributed by atoms with Crippen LogP contribution in [-0.2, 0) is 4.79 Å². The molecule has 2 aromatic heterocycles. The Balaban J connectivity index is 0.00000353. The minimum absolute atomic E-state index is 0. The number of pyridine rings is 1. The first kappa shape index (κ1) is 27.4. The summed E-state index contributed by atoms with van der Waals surface area (Å²) < 4.78 is 22.5. The summed E-state index contributed by atoms with van der Waals surface area (Å²) in [6.07, 6.45) is 3.70. The number of rotatable bonds is 9. The molecule has 0 aliphatic carbocycles. The Hall–Kier alpha value is -4.68. The van der Waals surface area contributed by atoms with E-state index in [1.165, 1.54) is 0 Å². The number of carbonyl (C=O) groups is 1. The van der Waals surface area contributed by atoms with Crippen LogP contribution in [0.3, 0.4) is 0 Å². The maximum Gasteiger partial charge on any atom is 0.233 e. The molecular weight excluding hydrogens is 526 g/mol. The van der Waals surface area contributed by atoms with Crippen molar-refractivity contribution in [2.75, 3.05) is 27.0 Å². The Morgan fingerprint density at radius 3 is 2.62 bits per heavy atom. The van der Waals surface area contributed by atoms with Crippen molar-refractivity contribution in [1.29, 1.82) is 0 Å². The third-order valence-electron chi connectivity index (χ3n) is 5.79. The number of amides is 1. The molecule has 0 saturated heterocycles. The minimum Gasteiger partial charge on any atom is -0.497 e. The highest BCUT2D eigenvalue weighted by Gasteiger charge is 2.25. The van der Waals surface area contributed by atoms with Crippen LogP contribution in [0, 0.1) is 6.92 Å². The Morgan fingerprint density at radius 2 is 1.90 bits per heavy atom. The van der Waals surface area contributed by atoms with Crippen molar-refractivity contribution in [2.45, 2.75) is 6.92 Å².